The molecule has 3 rings (SSSR count). The lowest BCUT2D eigenvalue weighted by Gasteiger charge is -1.98. The number of hydrogen-bond donors (Lipinski definition) is 0. The number of carbonyl (C=O) groups is 1. The van der Waals surface area contributed by atoms with Crippen LogP contribution in [0.2, 0.25) is 0 Å². The second-order valence-electron chi connectivity index (χ2n) is 4.65. The molecule has 8 heteroatoms. The van der Waals surface area contributed by atoms with E-state index in [-0.39, 0.29) is 5.78 Å². The topological polar surface area (TPSA) is 45.2 Å². The van der Waals surface area contributed by atoms with Gasteiger partial charge in [-0.2, -0.15) is 0 Å². The van der Waals surface area contributed by atoms with Crippen LogP contribution in [-0.4, -0.2) is 13.0 Å². The summed E-state index contributed by atoms with van der Waals surface area (Å²) in [4.78, 5) is 15.3. The average molecular weight is 308 g/mol. The highest BCUT2D eigenvalue weighted by molar-refractivity contribution is 6.50. The summed E-state index contributed by atoms with van der Waals surface area (Å²) >= 11 is 0. The molecule has 2 aromatic rings. The molecule has 0 unspecified atom stereocenters. The molecule has 0 N–H and O–H groups in total. The fraction of sp³-hybridized carbons (Fsp3) is 0.0714. The molecule has 0 spiro atoms. The molecule has 0 atom stereocenters. The lowest BCUT2D eigenvalue weighted by Crippen LogP contribution is -2.02. The fourth-order valence-corrected chi connectivity index (χ4v) is 2.28. The van der Waals surface area contributed by atoms with E-state index in [9.17, 15) is 22.1 Å². The van der Waals surface area contributed by atoms with Crippen molar-refractivity contribution in [1.29, 1.82) is 5.39 Å². The standard InChI is InChI=1S/C14H9N2O.BF4/c1-8-6-11-9-4-2-3-5-10(9)14(17)12(11)7-13(8)16-15;2-1(3,4)5/h2-7H,1H3;/q+1;-1. The SMILES string of the molecule is Cc1cc2c(cc1[N+]#N)C(=O)c1ccccc1-2.F[B-](F)(F)F. The number of rotatable bonds is 0. The Bertz CT molecular complexity index is 790. The van der Waals surface area contributed by atoms with Crippen LogP contribution in [-0.2, 0) is 0 Å². The molecule has 0 saturated heterocycles. The fourth-order valence-electron chi connectivity index (χ4n) is 2.28. The van der Waals surface area contributed by atoms with E-state index < -0.39 is 7.25 Å². The number of hydrogen-bond acceptors (Lipinski definition) is 2. The molecular weight excluding hydrogens is 299 g/mol. The second-order valence-corrected chi connectivity index (χ2v) is 4.65. The van der Waals surface area contributed by atoms with Crippen LogP contribution in [0.25, 0.3) is 16.1 Å². The van der Waals surface area contributed by atoms with Crippen LogP contribution in [0, 0.1) is 12.3 Å². The molecule has 1 aliphatic rings. The van der Waals surface area contributed by atoms with E-state index in [2.05, 4.69) is 4.98 Å². The van der Waals surface area contributed by atoms with Gasteiger partial charge >= 0.3 is 12.9 Å². The van der Waals surface area contributed by atoms with Gasteiger partial charge in [0.1, 0.15) is 0 Å². The van der Waals surface area contributed by atoms with Crippen molar-refractivity contribution < 1.29 is 22.1 Å². The number of halogens is 4. The molecule has 1 aliphatic carbocycles. The Labute approximate surface area is 123 Å². The van der Waals surface area contributed by atoms with Crippen molar-refractivity contribution in [3.8, 4) is 11.1 Å². The largest absolute Gasteiger partial charge is 0.673 e. The zero-order chi connectivity index (χ0) is 16.5. The molecule has 0 saturated carbocycles. The van der Waals surface area contributed by atoms with E-state index in [0.717, 1.165) is 22.3 Å². The predicted octanol–water partition coefficient (Wildman–Crippen LogP) is 4.99. The van der Waals surface area contributed by atoms with Crippen molar-refractivity contribution in [3.63, 3.8) is 0 Å². The van der Waals surface area contributed by atoms with Gasteiger partial charge in [-0.1, -0.05) is 24.3 Å². The lowest BCUT2D eigenvalue weighted by molar-refractivity contribution is 0.104. The van der Waals surface area contributed by atoms with Crippen molar-refractivity contribution in [1.82, 2.24) is 0 Å². The molecule has 2 aromatic carbocycles. The summed E-state index contributed by atoms with van der Waals surface area (Å²) in [5.41, 5.74) is 4.53. The zero-order valence-electron chi connectivity index (χ0n) is 11.4. The molecule has 112 valence electrons. The number of nitrogens with zero attached hydrogens (tertiary/aromatic N) is 2. The van der Waals surface area contributed by atoms with Gasteiger partial charge in [-0.25, -0.2) is 0 Å². The summed E-state index contributed by atoms with van der Waals surface area (Å²) in [6.07, 6.45) is 0. The Hall–Kier alpha value is -2.69. The summed E-state index contributed by atoms with van der Waals surface area (Å²) in [5, 5.41) is 8.87. The van der Waals surface area contributed by atoms with Gasteiger partial charge in [0, 0.05) is 22.8 Å². The van der Waals surface area contributed by atoms with E-state index in [0.29, 0.717) is 11.3 Å². The van der Waals surface area contributed by atoms with Gasteiger partial charge in [-0.15, -0.1) is 0 Å². The molecular formula is C14H9BF4N2O. The Morgan fingerprint density at radius 2 is 1.50 bits per heavy atom. The molecule has 0 radical (unpaired) electrons. The predicted molar refractivity (Wildman–Crippen MR) is 75.0 cm³/mol. The normalized spacial score (nSPS) is 11.9. The van der Waals surface area contributed by atoms with Crippen molar-refractivity contribution in [2.45, 2.75) is 6.92 Å². The Morgan fingerprint density at radius 3 is 2.05 bits per heavy atom. The number of ketones is 1. The second kappa shape index (κ2) is 5.60. The summed E-state index contributed by atoms with van der Waals surface area (Å²) in [6.45, 7) is 1.86. The third kappa shape index (κ3) is 3.14. The number of aryl methyl sites for hydroxylation is 1. The van der Waals surface area contributed by atoms with Crippen LogP contribution >= 0.6 is 0 Å². The first kappa shape index (κ1) is 15.7. The smallest absolute Gasteiger partial charge is 0.418 e. The zero-order valence-corrected chi connectivity index (χ0v) is 11.4. The van der Waals surface area contributed by atoms with Crippen LogP contribution in [0.3, 0.4) is 0 Å². The average Bonchev–Trinajstić information content (AvgIpc) is 2.70. The Kier molecular flexibility index (Phi) is 4.00. The first-order chi connectivity index (χ1) is 10.2. The lowest BCUT2D eigenvalue weighted by atomic mass is 10.0. The molecule has 3 nitrogen and oxygen atoms in total. The maximum absolute atomic E-state index is 12.1. The van der Waals surface area contributed by atoms with E-state index in [1.807, 2.05) is 37.3 Å². The highest BCUT2D eigenvalue weighted by Crippen LogP contribution is 2.39. The molecule has 0 heterocycles. The van der Waals surface area contributed by atoms with Crippen molar-refractivity contribution in [2.24, 2.45) is 0 Å². The number of benzene rings is 2. The third-order valence-electron chi connectivity index (χ3n) is 3.15. The molecule has 0 aliphatic heterocycles. The van der Waals surface area contributed by atoms with Crippen LogP contribution in [0.1, 0.15) is 21.5 Å². The summed E-state index contributed by atoms with van der Waals surface area (Å²) in [6, 6.07) is 11.1. The summed E-state index contributed by atoms with van der Waals surface area (Å²) < 4.78 is 39.0. The molecule has 0 bridgehead atoms. The number of diazo groups is 1. The molecule has 0 aromatic heterocycles. The van der Waals surface area contributed by atoms with Crippen molar-refractivity contribution in [3.05, 3.63) is 58.1 Å². The maximum atomic E-state index is 12.1. The first-order valence-corrected chi connectivity index (χ1v) is 6.23. The minimum absolute atomic E-state index is 0.000463. The minimum atomic E-state index is -6.00. The van der Waals surface area contributed by atoms with E-state index in [4.69, 9.17) is 5.39 Å². The number of fused-ring (bicyclic) bond motifs is 3. The molecule has 0 fully saturated rings. The van der Waals surface area contributed by atoms with Crippen LogP contribution < -0.4 is 0 Å². The molecule has 22 heavy (non-hydrogen) atoms. The first-order valence-electron chi connectivity index (χ1n) is 6.23. The van der Waals surface area contributed by atoms with Crippen molar-refractivity contribution >= 4 is 18.7 Å². The minimum Gasteiger partial charge on any atom is -0.418 e. The third-order valence-corrected chi connectivity index (χ3v) is 3.15. The van der Waals surface area contributed by atoms with Gasteiger partial charge < -0.3 is 17.3 Å². The van der Waals surface area contributed by atoms with Gasteiger partial charge in [0.15, 0.2) is 10.8 Å². The van der Waals surface area contributed by atoms with E-state index in [1.165, 1.54) is 0 Å². The highest BCUT2D eigenvalue weighted by atomic mass is 19.5. The van der Waals surface area contributed by atoms with Gasteiger partial charge in [0.25, 0.3) is 0 Å². The van der Waals surface area contributed by atoms with Gasteiger partial charge in [-0.05, 0) is 24.1 Å². The van der Waals surface area contributed by atoms with Crippen LogP contribution in [0.5, 0.6) is 0 Å². The highest BCUT2D eigenvalue weighted by Gasteiger charge is 2.29. The van der Waals surface area contributed by atoms with Crippen LogP contribution in [0.4, 0.5) is 23.0 Å². The quantitative estimate of drug-likeness (QED) is 0.333. The van der Waals surface area contributed by atoms with Gasteiger partial charge in [-0.3, -0.25) is 4.79 Å². The maximum Gasteiger partial charge on any atom is 0.673 e. The Morgan fingerprint density at radius 1 is 0.955 bits per heavy atom. The number of carbonyl (C=O) groups excluding carboxylic acids is 1. The monoisotopic (exact) mass is 308 g/mol. The van der Waals surface area contributed by atoms with Crippen molar-refractivity contribution in [2.75, 3.05) is 0 Å². The summed E-state index contributed by atoms with van der Waals surface area (Å²) in [7, 11) is -6.00. The summed E-state index contributed by atoms with van der Waals surface area (Å²) in [5.74, 6) is 0.000463. The van der Waals surface area contributed by atoms with Gasteiger partial charge in [0.05, 0.1) is 0 Å². The Balaban J connectivity index is 0.000000309. The van der Waals surface area contributed by atoms with E-state index >= 15 is 0 Å². The van der Waals surface area contributed by atoms with Gasteiger partial charge in [0.2, 0.25) is 5.39 Å². The van der Waals surface area contributed by atoms with E-state index in [1.54, 1.807) is 6.07 Å². The van der Waals surface area contributed by atoms with Crippen LogP contribution in [0.15, 0.2) is 36.4 Å². The molecule has 0 amide bonds.